The van der Waals surface area contributed by atoms with Gasteiger partial charge in [-0.3, -0.25) is 9.59 Å². The zero-order valence-electron chi connectivity index (χ0n) is 22.3. The highest BCUT2D eigenvalue weighted by molar-refractivity contribution is 6.46. The Hall–Kier alpha value is -3.92. The lowest BCUT2D eigenvalue weighted by molar-refractivity contribution is -0.858. The predicted octanol–water partition coefficient (Wildman–Crippen LogP) is 0.488. The summed E-state index contributed by atoms with van der Waals surface area (Å²) >= 11 is 0. The molecule has 1 fully saturated rings. The molecule has 1 unspecified atom stereocenters. The molecule has 37 heavy (non-hydrogen) atoms. The molecule has 1 saturated heterocycles. The minimum Gasteiger partial charge on any atom is -0.872 e. The summed E-state index contributed by atoms with van der Waals surface area (Å²) in [5, 5.41) is 13.8. The molecule has 1 amide bonds. The molecule has 10 nitrogen and oxygen atoms in total. The summed E-state index contributed by atoms with van der Waals surface area (Å²) < 4.78 is 27.0. The number of nitrogens with zero attached hydrogens (tertiary/aromatic N) is 1. The van der Waals surface area contributed by atoms with Crippen LogP contribution in [0.4, 0.5) is 0 Å². The maximum atomic E-state index is 13.8. The smallest absolute Gasteiger partial charge is 0.295 e. The van der Waals surface area contributed by atoms with E-state index in [1.807, 2.05) is 14.1 Å². The molecule has 0 aliphatic carbocycles. The Morgan fingerprint density at radius 2 is 1.46 bits per heavy atom. The number of hydrogen-bond donors (Lipinski definition) is 1. The lowest BCUT2D eigenvalue weighted by Crippen LogP contribution is -3.05. The third-order valence-electron chi connectivity index (χ3n) is 6.25. The number of hydrogen-bond acceptors (Lipinski definition) is 8. The van der Waals surface area contributed by atoms with Crippen molar-refractivity contribution in [1.82, 2.24) is 4.90 Å². The Morgan fingerprint density at radius 1 is 0.865 bits per heavy atom. The molecule has 0 bridgehead atoms. The maximum absolute atomic E-state index is 13.8. The molecule has 200 valence electrons. The first-order chi connectivity index (χ1) is 17.7. The number of Topliss-reactive ketones (excluding diaryl/α,β-unsaturated/α-hetero) is 1. The van der Waals surface area contributed by atoms with Gasteiger partial charge in [0.05, 0.1) is 62.2 Å². The van der Waals surface area contributed by atoms with Crippen LogP contribution in [0.25, 0.3) is 5.76 Å². The number of carbonyl (C=O) groups is 2. The summed E-state index contributed by atoms with van der Waals surface area (Å²) in [7, 11) is 11.4. The molecule has 1 aliphatic heterocycles. The minimum atomic E-state index is -0.938. The second kappa shape index (κ2) is 11.9. The minimum absolute atomic E-state index is 0.149. The van der Waals surface area contributed by atoms with Gasteiger partial charge in [-0.25, -0.2) is 0 Å². The van der Waals surface area contributed by atoms with Gasteiger partial charge in [0.2, 0.25) is 11.5 Å². The van der Waals surface area contributed by atoms with Gasteiger partial charge in [0.15, 0.2) is 23.0 Å². The van der Waals surface area contributed by atoms with Gasteiger partial charge in [-0.2, -0.15) is 0 Å². The van der Waals surface area contributed by atoms with E-state index in [1.165, 1.54) is 51.4 Å². The molecular formula is C27H34N2O8. The van der Waals surface area contributed by atoms with Gasteiger partial charge in [-0.1, -0.05) is 11.8 Å². The highest BCUT2D eigenvalue weighted by Crippen LogP contribution is 2.45. The molecule has 1 N–H and O–H groups in total. The second-order valence-electron chi connectivity index (χ2n) is 8.81. The molecule has 2 aromatic rings. The van der Waals surface area contributed by atoms with Crippen LogP contribution in [-0.2, 0) is 9.59 Å². The van der Waals surface area contributed by atoms with E-state index in [9.17, 15) is 14.7 Å². The largest absolute Gasteiger partial charge is 0.872 e. The number of ketones is 1. The van der Waals surface area contributed by atoms with E-state index in [2.05, 4.69) is 0 Å². The first kappa shape index (κ1) is 27.7. The zero-order valence-corrected chi connectivity index (χ0v) is 22.3. The van der Waals surface area contributed by atoms with Gasteiger partial charge >= 0.3 is 0 Å². The van der Waals surface area contributed by atoms with Crippen LogP contribution in [0.1, 0.15) is 23.6 Å². The van der Waals surface area contributed by atoms with Crippen molar-refractivity contribution in [1.29, 1.82) is 0 Å². The highest BCUT2D eigenvalue weighted by atomic mass is 16.5. The van der Waals surface area contributed by atoms with E-state index in [0.29, 0.717) is 47.3 Å². The Morgan fingerprint density at radius 3 is 1.97 bits per heavy atom. The summed E-state index contributed by atoms with van der Waals surface area (Å²) in [4.78, 5) is 29.2. The van der Waals surface area contributed by atoms with Crippen LogP contribution in [0.2, 0.25) is 0 Å². The summed E-state index contributed by atoms with van der Waals surface area (Å²) in [6.45, 7) is 1.07. The van der Waals surface area contributed by atoms with Crippen molar-refractivity contribution in [3.05, 3.63) is 47.0 Å². The molecule has 1 atom stereocenters. The van der Waals surface area contributed by atoms with Crippen LogP contribution >= 0.6 is 0 Å². The van der Waals surface area contributed by atoms with E-state index in [-0.39, 0.29) is 11.1 Å². The summed E-state index contributed by atoms with van der Waals surface area (Å²) in [6, 6.07) is 6.99. The van der Waals surface area contributed by atoms with Crippen LogP contribution in [0.15, 0.2) is 35.9 Å². The van der Waals surface area contributed by atoms with Crippen molar-refractivity contribution in [2.75, 3.05) is 62.7 Å². The van der Waals surface area contributed by atoms with Crippen molar-refractivity contribution < 1.29 is 43.3 Å². The third-order valence-corrected chi connectivity index (χ3v) is 6.25. The first-order valence-electron chi connectivity index (χ1n) is 11.8. The lowest BCUT2D eigenvalue weighted by atomic mass is 9.94. The summed E-state index contributed by atoms with van der Waals surface area (Å²) in [6.07, 6.45) is 0.639. The number of likely N-dealkylation sites (tertiary alicyclic amines) is 1. The molecule has 1 heterocycles. The van der Waals surface area contributed by atoms with Gasteiger partial charge in [-0.15, -0.1) is 0 Å². The highest BCUT2D eigenvalue weighted by Gasteiger charge is 2.44. The van der Waals surface area contributed by atoms with Crippen molar-refractivity contribution >= 4 is 17.4 Å². The molecule has 1 aliphatic rings. The number of ether oxygens (including phenoxy) is 5. The van der Waals surface area contributed by atoms with Crippen molar-refractivity contribution in [3.63, 3.8) is 0 Å². The van der Waals surface area contributed by atoms with Crippen molar-refractivity contribution in [3.8, 4) is 28.7 Å². The van der Waals surface area contributed by atoms with E-state index < -0.39 is 23.5 Å². The first-order valence-corrected chi connectivity index (χ1v) is 11.8. The average Bonchev–Trinajstić information content (AvgIpc) is 3.16. The molecule has 0 aromatic heterocycles. The Balaban J connectivity index is 2.24. The van der Waals surface area contributed by atoms with Crippen molar-refractivity contribution in [2.45, 2.75) is 12.5 Å². The molecule has 0 spiro atoms. The van der Waals surface area contributed by atoms with Gasteiger partial charge in [0, 0.05) is 18.5 Å². The second-order valence-corrected chi connectivity index (χ2v) is 8.81. The molecule has 0 radical (unpaired) electrons. The van der Waals surface area contributed by atoms with E-state index in [4.69, 9.17) is 23.7 Å². The van der Waals surface area contributed by atoms with Crippen LogP contribution < -0.4 is 33.7 Å². The van der Waals surface area contributed by atoms with Crippen LogP contribution in [0, 0.1) is 0 Å². The fraction of sp³-hybridized carbons (Fsp3) is 0.407. The fourth-order valence-corrected chi connectivity index (χ4v) is 4.44. The van der Waals surface area contributed by atoms with E-state index in [0.717, 1.165) is 6.54 Å². The number of amides is 1. The van der Waals surface area contributed by atoms with E-state index in [1.54, 1.807) is 24.3 Å². The SMILES string of the molecule is COc1ccc(/C([O-])=C2\C(=O)C(=O)N(CCC[NH+](C)C)C2c2cc(OC)c(OC)c(OC)c2)cc1OC. The van der Waals surface area contributed by atoms with Crippen LogP contribution in [0.3, 0.4) is 0 Å². The summed E-state index contributed by atoms with van der Waals surface area (Å²) in [5.41, 5.74) is 0.546. The maximum Gasteiger partial charge on any atom is 0.295 e. The monoisotopic (exact) mass is 514 g/mol. The summed E-state index contributed by atoms with van der Waals surface area (Å²) in [5.74, 6) is -0.308. The van der Waals surface area contributed by atoms with Crippen LogP contribution in [-0.4, -0.2) is 79.3 Å². The standard InChI is InChI=1S/C27H34N2O8/c1-28(2)11-8-12-29-23(17-14-20(35-5)26(37-7)21(15-17)36-6)22(25(31)27(29)32)24(30)16-9-10-18(33-3)19(13-16)34-4/h9-10,13-15,23,30H,8,11-12H2,1-7H3/b24-22+. The molecule has 10 heteroatoms. The molecule has 2 aromatic carbocycles. The number of benzene rings is 2. The Bertz CT molecular complexity index is 1170. The average molecular weight is 515 g/mol. The number of methoxy groups -OCH3 is 5. The van der Waals surface area contributed by atoms with Crippen LogP contribution in [0.5, 0.6) is 28.7 Å². The number of quaternary nitrogens is 1. The number of rotatable bonds is 11. The fourth-order valence-electron chi connectivity index (χ4n) is 4.44. The molecular weight excluding hydrogens is 480 g/mol. The van der Waals surface area contributed by atoms with E-state index >= 15 is 0 Å². The predicted molar refractivity (Wildman–Crippen MR) is 134 cm³/mol. The lowest BCUT2D eigenvalue weighted by Gasteiger charge is -2.28. The number of nitrogens with one attached hydrogen (secondary N) is 1. The third kappa shape index (κ3) is 5.43. The van der Waals surface area contributed by atoms with Crippen molar-refractivity contribution in [2.24, 2.45) is 0 Å². The van der Waals surface area contributed by atoms with Gasteiger partial charge in [0.1, 0.15) is 0 Å². The normalized spacial score (nSPS) is 16.8. The Kier molecular flexibility index (Phi) is 8.88. The van der Waals surface area contributed by atoms with Gasteiger partial charge < -0.3 is 38.6 Å². The molecule has 0 saturated carbocycles. The topological polar surface area (TPSA) is 111 Å². The number of carbonyl (C=O) groups excluding carboxylic acids is 2. The Labute approximate surface area is 216 Å². The van der Waals surface area contributed by atoms with Gasteiger partial charge in [-0.05, 0) is 35.4 Å². The quantitative estimate of drug-likeness (QED) is 0.262. The van der Waals surface area contributed by atoms with Gasteiger partial charge in [0.25, 0.3) is 5.91 Å². The zero-order chi connectivity index (χ0) is 27.3. The molecule has 3 rings (SSSR count).